The first-order valence-corrected chi connectivity index (χ1v) is 6.76. The fourth-order valence-corrected chi connectivity index (χ4v) is 2.00. The van der Waals surface area contributed by atoms with Gasteiger partial charge in [-0.1, -0.05) is 0 Å². The Balaban J connectivity index is 2.43. The van der Waals surface area contributed by atoms with Gasteiger partial charge in [-0.05, 0) is 54.8 Å². The molecule has 0 amide bonds. The molecule has 4 heteroatoms. The molecule has 0 aromatic heterocycles. The van der Waals surface area contributed by atoms with Crippen molar-refractivity contribution in [2.24, 2.45) is 5.41 Å². The van der Waals surface area contributed by atoms with Crippen molar-refractivity contribution in [3.8, 4) is 11.8 Å². The lowest BCUT2D eigenvalue weighted by atomic mass is 9.90. The van der Waals surface area contributed by atoms with Crippen LogP contribution < -0.4 is 10.1 Å². The summed E-state index contributed by atoms with van der Waals surface area (Å²) in [6.45, 7) is 4.79. The quantitative estimate of drug-likeness (QED) is 0.801. The summed E-state index contributed by atoms with van der Waals surface area (Å²) in [5.74, 6) is 0.817. The normalized spacial score (nSPS) is 10.8. The molecule has 0 saturated heterocycles. The van der Waals surface area contributed by atoms with Gasteiger partial charge in [0, 0.05) is 18.3 Å². The van der Waals surface area contributed by atoms with Crippen molar-refractivity contribution in [3.63, 3.8) is 0 Å². The van der Waals surface area contributed by atoms with Crippen LogP contribution in [0.25, 0.3) is 0 Å². The van der Waals surface area contributed by atoms with E-state index >= 15 is 0 Å². The van der Waals surface area contributed by atoms with E-state index in [4.69, 9.17) is 10.00 Å². The molecule has 0 aliphatic carbocycles. The van der Waals surface area contributed by atoms with E-state index in [1.165, 1.54) is 0 Å². The van der Waals surface area contributed by atoms with Crippen molar-refractivity contribution in [2.75, 3.05) is 19.0 Å². The van der Waals surface area contributed by atoms with Gasteiger partial charge < -0.3 is 10.1 Å². The predicted molar refractivity (Wildman–Crippen MR) is 77.8 cm³/mol. The zero-order valence-electron chi connectivity index (χ0n) is 11.1. The molecule has 0 radical (unpaired) electrons. The molecule has 1 rings (SSSR count). The van der Waals surface area contributed by atoms with Crippen LogP contribution in [0.15, 0.2) is 22.7 Å². The van der Waals surface area contributed by atoms with Gasteiger partial charge in [0.05, 0.1) is 23.1 Å². The van der Waals surface area contributed by atoms with E-state index in [0.29, 0.717) is 0 Å². The Morgan fingerprint density at radius 3 is 2.78 bits per heavy atom. The zero-order chi connectivity index (χ0) is 13.6. The van der Waals surface area contributed by atoms with Crippen molar-refractivity contribution < 1.29 is 4.74 Å². The summed E-state index contributed by atoms with van der Waals surface area (Å²) < 4.78 is 6.18. The highest BCUT2D eigenvalue weighted by Crippen LogP contribution is 2.28. The van der Waals surface area contributed by atoms with E-state index in [1.807, 2.05) is 32.0 Å². The molecule has 18 heavy (non-hydrogen) atoms. The maximum Gasteiger partial charge on any atom is 0.135 e. The number of hydrogen-bond acceptors (Lipinski definition) is 3. The first-order chi connectivity index (χ1) is 8.48. The van der Waals surface area contributed by atoms with Crippen LogP contribution in [0.3, 0.4) is 0 Å². The van der Waals surface area contributed by atoms with Crippen LogP contribution in [0.5, 0.6) is 5.75 Å². The highest BCUT2D eigenvalue weighted by Gasteiger charge is 2.15. The minimum absolute atomic E-state index is 0.237. The lowest BCUT2D eigenvalue weighted by Gasteiger charge is -2.15. The summed E-state index contributed by atoms with van der Waals surface area (Å²) in [5, 5.41) is 12.3. The van der Waals surface area contributed by atoms with Crippen LogP contribution >= 0.6 is 15.9 Å². The summed E-state index contributed by atoms with van der Waals surface area (Å²) in [7, 11) is 1.65. The molecule has 0 spiro atoms. The molecular formula is C14H19BrN2O. The molecule has 0 aliphatic rings. The van der Waals surface area contributed by atoms with Gasteiger partial charge in [-0.15, -0.1) is 0 Å². The van der Waals surface area contributed by atoms with Crippen LogP contribution in [0.1, 0.15) is 26.7 Å². The molecule has 0 bridgehead atoms. The van der Waals surface area contributed by atoms with E-state index in [9.17, 15) is 0 Å². The van der Waals surface area contributed by atoms with Gasteiger partial charge in [-0.2, -0.15) is 5.26 Å². The van der Waals surface area contributed by atoms with Crippen molar-refractivity contribution in [3.05, 3.63) is 22.7 Å². The summed E-state index contributed by atoms with van der Waals surface area (Å²) in [6.07, 6.45) is 1.86. The third-order valence-corrected chi connectivity index (χ3v) is 3.42. The standard InChI is InChI=1S/C14H19BrN2O/c1-14(2,10-16)7-4-8-17-11-5-6-12(15)13(9-11)18-3/h5-6,9,17H,4,7-8H2,1-3H3. The van der Waals surface area contributed by atoms with E-state index in [2.05, 4.69) is 27.3 Å². The van der Waals surface area contributed by atoms with Crippen LogP contribution in [0.4, 0.5) is 5.69 Å². The lowest BCUT2D eigenvalue weighted by Crippen LogP contribution is -2.11. The van der Waals surface area contributed by atoms with E-state index in [1.54, 1.807) is 7.11 Å². The second kappa shape index (κ2) is 6.65. The van der Waals surface area contributed by atoms with Crippen LogP contribution in [0, 0.1) is 16.7 Å². The van der Waals surface area contributed by atoms with Gasteiger partial charge in [0.25, 0.3) is 0 Å². The topological polar surface area (TPSA) is 45.0 Å². The number of halogens is 1. The first-order valence-electron chi connectivity index (χ1n) is 5.97. The van der Waals surface area contributed by atoms with Gasteiger partial charge >= 0.3 is 0 Å². The average Bonchev–Trinajstić information content (AvgIpc) is 2.36. The Labute approximate surface area is 117 Å². The third-order valence-electron chi connectivity index (χ3n) is 2.76. The lowest BCUT2D eigenvalue weighted by molar-refractivity contribution is 0.412. The number of ether oxygens (including phenoxy) is 1. The van der Waals surface area contributed by atoms with Crippen LogP contribution in [-0.4, -0.2) is 13.7 Å². The van der Waals surface area contributed by atoms with Crippen molar-refractivity contribution in [1.29, 1.82) is 5.26 Å². The summed E-state index contributed by atoms with van der Waals surface area (Å²) >= 11 is 3.42. The average molecular weight is 311 g/mol. The van der Waals surface area contributed by atoms with E-state index in [0.717, 1.165) is 35.3 Å². The van der Waals surface area contributed by atoms with Gasteiger partial charge in [0.15, 0.2) is 0 Å². The SMILES string of the molecule is COc1cc(NCCCC(C)(C)C#N)ccc1Br. The van der Waals surface area contributed by atoms with Gasteiger partial charge in [0.2, 0.25) is 0 Å². The molecule has 1 aromatic carbocycles. The molecular weight excluding hydrogens is 292 g/mol. The summed E-state index contributed by atoms with van der Waals surface area (Å²) in [6, 6.07) is 8.23. The fraction of sp³-hybridized carbons (Fsp3) is 0.500. The van der Waals surface area contributed by atoms with E-state index in [-0.39, 0.29) is 5.41 Å². The highest BCUT2D eigenvalue weighted by molar-refractivity contribution is 9.10. The van der Waals surface area contributed by atoms with Crippen molar-refractivity contribution in [1.82, 2.24) is 0 Å². The van der Waals surface area contributed by atoms with Crippen LogP contribution in [-0.2, 0) is 0 Å². The molecule has 1 N–H and O–H groups in total. The van der Waals surface area contributed by atoms with Crippen molar-refractivity contribution >= 4 is 21.6 Å². The van der Waals surface area contributed by atoms with Gasteiger partial charge in [0.1, 0.15) is 5.75 Å². The Hall–Kier alpha value is -1.21. The first kappa shape index (κ1) is 14.8. The number of nitrogens with one attached hydrogen (secondary N) is 1. The molecule has 1 aromatic rings. The molecule has 0 heterocycles. The minimum Gasteiger partial charge on any atom is -0.495 e. The largest absolute Gasteiger partial charge is 0.495 e. The van der Waals surface area contributed by atoms with Gasteiger partial charge in [-0.25, -0.2) is 0 Å². The Morgan fingerprint density at radius 1 is 1.44 bits per heavy atom. The molecule has 0 unspecified atom stereocenters. The number of nitriles is 1. The maximum absolute atomic E-state index is 8.92. The maximum atomic E-state index is 8.92. The highest BCUT2D eigenvalue weighted by atomic mass is 79.9. The second-order valence-corrected chi connectivity index (χ2v) is 5.73. The monoisotopic (exact) mass is 310 g/mol. The number of hydrogen-bond donors (Lipinski definition) is 1. The molecule has 0 fully saturated rings. The van der Waals surface area contributed by atoms with Crippen molar-refractivity contribution in [2.45, 2.75) is 26.7 Å². The predicted octanol–water partition coefficient (Wildman–Crippen LogP) is 4.20. The molecule has 0 saturated carbocycles. The van der Waals surface area contributed by atoms with Crippen LogP contribution in [0.2, 0.25) is 0 Å². The molecule has 98 valence electrons. The zero-order valence-corrected chi connectivity index (χ0v) is 12.7. The Morgan fingerprint density at radius 2 is 2.17 bits per heavy atom. The smallest absolute Gasteiger partial charge is 0.135 e. The summed E-state index contributed by atoms with van der Waals surface area (Å²) in [4.78, 5) is 0. The Kier molecular flexibility index (Phi) is 5.49. The minimum atomic E-state index is -0.237. The number of anilines is 1. The second-order valence-electron chi connectivity index (χ2n) is 4.88. The number of rotatable bonds is 6. The third kappa shape index (κ3) is 4.58. The summed E-state index contributed by atoms with van der Waals surface area (Å²) in [5.41, 5.74) is 0.795. The number of nitrogens with zero attached hydrogens (tertiary/aromatic N) is 1. The molecule has 3 nitrogen and oxygen atoms in total. The Bertz CT molecular complexity index is 438. The van der Waals surface area contributed by atoms with Gasteiger partial charge in [-0.3, -0.25) is 0 Å². The fourth-order valence-electron chi connectivity index (χ4n) is 1.59. The number of benzene rings is 1. The number of methoxy groups -OCH3 is 1. The van der Waals surface area contributed by atoms with E-state index < -0.39 is 0 Å². The molecule has 0 atom stereocenters. The molecule has 0 aliphatic heterocycles.